The molecule has 0 aliphatic carbocycles. The van der Waals surface area contributed by atoms with Crippen molar-refractivity contribution in [3.8, 4) is 0 Å². The van der Waals surface area contributed by atoms with Gasteiger partial charge in [-0.2, -0.15) is 0 Å². The summed E-state index contributed by atoms with van der Waals surface area (Å²) in [6.07, 6.45) is 1.70. The minimum atomic E-state index is -3.54. The third kappa shape index (κ3) is 2.72. The number of imidazole rings is 1. The molecule has 2 aromatic heterocycles. The van der Waals surface area contributed by atoms with E-state index in [0.29, 0.717) is 12.4 Å². The Balaban J connectivity index is 1.88. The number of sulfonamides is 1. The van der Waals surface area contributed by atoms with Crippen molar-refractivity contribution in [1.29, 1.82) is 0 Å². The predicted octanol–water partition coefficient (Wildman–Crippen LogP) is 1.93. The summed E-state index contributed by atoms with van der Waals surface area (Å²) in [6, 6.07) is 12.0. The van der Waals surface area contributed by atoms with Crippen molar-refractivity contribution in [3.05, 3.63) is 54.5 Å². The first-order valence-electron chi connectivity index (χ1n) is 6.96. The summed E-state index contributed by atoms with van der Waals surface area (Å²) in [7, 11) is -3.54. The van der Waals surface area contributed by atoms with Gasteiger partial charge >= 0.3 is 0 Å². The van der Waals surface area contributed by atoms with Gasteiger partial charge in [0.25, 0.3) is 0 Å². The highest BCUT2D eigenvalue weighted by Crippen LogP contribution is 2.14. The minimum absolute atomic E-state index is 0.126. The molecule has 114 valence electrons. The topological polar surface area (TPSA) is 76.9 Å². The van der Waals surface area contributed by atoms with E-state index in [1.54, 1.807) is 36.5 Å². The maximum Gasteiger partial charge on any atom is 0.240 e. The number of rotatable bonds is 5. The Kier molecular flexibility index (Phi) is 3.91. The van der Waals surface area contributed by atoms with Gasteiger partial charge in [0.05, 0.1) is 11.4 Å². The van der Waals surface area contributed by atoms with E-state index in [9.17, 15) is 8.42 Å². The molecule has 0 radical (unpaired) electrons. The molecule has 0 bridgehead atoms. The highest BCUT2D eigenvalue weighted by Gasteiger charge is 2.16. The number of nitrogens with one attached hydrogen (secondary N) is 1. The zero-order valence-electron chi connectivity index (χ0n) is 12.1. The van der Waals surface area contributed by atoms with Gasteiger partial charge in [0.2, 0.25) is 10.0 Å². The third-order valence-corrected chi connectivity index (χ3v) is 4.79. The van der Waals surface area contributed by atoms with Crippen LogP contribution in [0.4, 0.5) is 0 Å². The number of nitrogens with zero attached hydrogens (tertiary/aromatic N) is 3. The van der Waals surface area contributed by atoms with Crippen LogP contribution >= 0.6 is 0 Å². The number of hydrogen-bond donors (Lipinski definition) is 1. The Labute approximate surface area is 128 Å². The number of benzene rings is 1. The average Bonchev–Trinajstić information content (AvgIpc) is 2.91. The number of aromatic nitrogens is 3. The lowest BCUT2D eigenvalue weighted by atomic mass is 10.4. The summed E-state index contributed by atoms with van der Waals surface area (Å²) < 4.78 is 29.0. The van der Waals surface area contributed by atoms with E-state index in [4.69, 9.17) is 0 Å². The number of hydrogen-bond acceptors (Lipinski definition) is 4. The lowest BCUT2D eigenvalue weighted by molar-refractivity contribution is 0.576. The monoisotopic (exact) mass is 316 g/mol. The fraction of sp³-hybridized carbons (Fsp3) is 0.200. The number of pyridine rings is 1. The molecule has 0 atom stereocenters. The molecule has 22 heavy (non-hydrogen) atoms. The summed E-state index contributed by atoms with van der Waals surface area (Å²) >= 11 is 0. The molecule has 1 aromatic carbocycles. The number of aryl methyl sites for hydroxylation is 1. The van der Waals surface area contributed by atoms with Gasteiger partial charge in [0, 0.05) is 12.7 Å². The molecule has 0 fully saturated rings. The molecule has 0 spiro atoms. The lowest BCUT2D eigenvalue weighted by Crippen LogP contribution is -2.25. The molecule has 0 aliphatic heterocycles. The zero-order valence-corrected chi connectivity index (χ0v) is 12.9. The van der Waals surface area contributed by atoms with Crippen molar-refractivity contribution in [2.45, 2.75) is 24.9 Å². The van der Waals surface area contributed by atoms with E-state index in [1.807, 2.05) is 23.6 Å². The smallest absolute Gasteiger partial charge is 0.240 e. The fourth-order valence-electron chi connectivity index (χ4n) is 2.32. The standard InChI is InChI=1S/C15H16N4O2S/c1-2-19-14(18-13-9-6-10-16-15(13)19)11-17-22(20,21)12-7-4-3-5-8-12/h3-10,17H,2,11H2,1H3. The average molecular weight is 316 g/mol. The second-order valence-electron chi connectivity index (χ2n) is 4.76. The van der Waals surface area contributed by atoms with Crippen molar-refractivity contribution < 1.29 is 8.42 Å². The SMILES string of the molecule is CCn1c(CNS(=O)(=O)c2ccccc2)nc2cccnc21. The second-order valence-corrected chi connectivity index (χ2v) is 6.52. The Bertz CT molecular complexity index is 888. The van der Waals surface area contributed by atoms with Crippen LogP contribution in [-0.4, -0.2) is 23.0 Å². The molecule has 1 N–H and O–H groups in total. The first-order valence-corrected chi connectivity index (χ1v) is 8.45. The van der Waals surface area contributed by atoms with Gasteiger partial charge in [-0.25, -0.2) is 23.1 Å². The van der Waals surface area contributed by atoms with Gasteiger partial charge in [-0.1, -0.05) is 18.2 Å². The first-order chi connectivity index (χ1) is 10.6. The summed E-state index contributed by atoms with van der Waals surface area (Å²) in [5.74, 6) is 0.649. The van der Waals surface area contributed by atoms with Crippen LogP contribution in [-0.2, 0) is 23.1 Å². The van der Waals surface area contributed by atoms with Crippen LogP contribution in [0.25, 0.3) is 11.2 Å². The van der Waals surface area contributed by atoms with Crippen molar-refractivity contribution in [2.24, 2.45) is 0 Å². The normalized spacial score (nSPS) is 11.9. The van der Waals surface area contributed by atoms with Crippen LogP contribution in [0.1, 0.15) is 12.7 Å². The maximum atomic E-state index is 12.3. The molecule has 6 nitrogen and oxygen atoms in total. The molecule has 0 saturated carbocycles. The molecule has 0 unspecified atom stereocenters. The highest BCUT2D eigenvalue weighted by molar-refractivity contribution is 7.89. The van der Waals surface area contributed by atoms with E-state index in [1.165, 1.54) is 0 Å². The van der Waals surface area contributed by atoms with Gasteiger partial charge in [-0.15, -0.1) is 0 Å². The maximum absolute atomic E-state index is 12.3. The Hall–Kier alpha value is -2.25. The molecular formula is C15H16N4O2S. The Morgan fingerprint density at radius 1 is 1.14 bits per heavy atom. The fourth-order valence-corrected chi connectivity index (χ4v) is 3.32. The second kappa shape index (κ2) is 5.86. The van der Waals surface area contributed by atoms with Crippen molar-refractivity contribution >= 4 is 21.2 Å². The zero-order chi connectivity index (χ0) is 15.6. The van der Waals surface area contributed by atoms with Crippen molar-refractivity contribution in [2.75, 3.05) is 0 Å². The first kappa shape index (κ1) is 14.7. The Morgan fingerprint density at radius 2 is 1.91 bits per heavy atom. The van der Waals surface area contributed by atoms with E-state index < -0.39 is 10.0 Å². The molecule has 3 rings (SSSR count). The molecule has 2 heterocycles. The predicted molar refractivity (Wildman–Crippen MR) is 83.7 cm³/mol. The molecule has 0 aliphatic rings. The van der Waals surface area contributed by atoms with E-state index in [0.717, 1.165) is 11.2 Å². The van der Waals surface area contributed by atoms with Gasteiger partial charge in [0.15, 0.2) is 5.65 Å². The summed E-state index contributed by atoms with van der Waals surface area (Å²) in [4.78, 5) is 9.00. The molecule has 0 saturated heterocycles. The summed E-state index contributed by atoms with van der Waals surface area (Å²) in [6.45, 7) is 2.78. The number of fused-ring (bicyclic) bond motifs is 1. The minimum Gasteiger partial charge on any atom is -0.312 e. The third-order valence-electron chi connectivity index (χ3n) is 3.37. The molecule has 3 aromatic rings. The van der Waals surface area contributed by atoms with E-state index >= 15 is 0 Å². The van der Waals surface area contributed by atoms with Gasteiger partial charge in [-0.05, 0) is 31.2 Å². The quantitative estimate of drug-likeness (QED) is 0.780. The summed E-state index contributed by atoms with van der Waals surface area (Å²) in [5.41, 5.74) is 1.53. The van der Waals surface area contributed by atoms with Crippen LogP contribution in [0.3, 0.4) is 0 Å². The molecule has 0 amide bonds. The highest BCUT2D eigenvalue weighted by atomic mass is 32.2. The van der Waals surface area contributed by atoms with Crippen LogP contribution in [0.5, 0.6) is 0 Å². The van der Waals surface area contributed by atoms with Gasteiger partial charge in [0.1, 0.15) is 11.3 Å². The van der Waals surface area contributed by atoms with Crippen LogP contribution in [0, 0.1) is 0 Å². The largest absolute Gasteiger partial charge is 0.312 e. The van der Waals surface area contributed by atoms with E-state index in [-0.39, 0.29) is 11.4 Å². The van der Waals surface area contributed by atoms with Crippen molar-refractivity contribution in [3.63, 3.8) is 0 Å². The van der Waals surface area contributed by atoms with Crippen LogP contribution in [0.15, 0.2) is 53.6 Å². The van der Waals surface area contributed by atoms with E-state index in [2.05, 4.69) is 14.7 Å². The molecular weight excluding hydrogens is 300 g/mol. The lowest BCUT2D eigenvalue weighted by Gasteiger charge is -2.08. The van der Waals surface area contributed by atoms with Gasteiger partial charge < -0.3 is 4.57 Å². The van der Waals surface area contributed by atoms with Crippen molar-refractivity contribution in [1.82, 2.24) is 19.3 Å². The Morgan fingerprint density at radius 3 is 2.64 bits per heavy atom. The van der Waals surface area contributed by atoms with Gasteiger partial charge in [-0.3, -0.25) is 0 Å². The molecule has 7 heteroatoms. The van der Waals surface area contributed by atoms with Crippen LogP contribution < -0.4 is 4.72 Å². The summed E-state index contributed by atoms with van der Waals surface area (Å²) in [5, 5.41) is 0. The van der Waals surface area contributed by atoms with Crippen LogP contribution in [0.2, 0.25) is 0 Å².